The summed E-state index contributed by atoms with van der Waals surface area (Å²) in [7, 11) is 2.06. The zero-order chi connectivity index (χ0) is 16.8. The van der Waals surface area contributed by atoms with E-state index < -0.39 is 0 Å². The van der Waals surface area contributed by atoms with Gasteiger partial charge in [-0.1, -0.05) is 24.3 Å². The van der Waals surface area contributed by atoms with Crippen LogP contribution in [0.25, 0.3) is 38.0 Å². The number of hydrogen-bond donors (Lipinski definition) is 0. The molecule has 0 saturated heterocycles. The van der Waals surface area contributed by atoms with E-state index in [1.807, 2.05) is 18.2 Å². The van der Waals surface area contributed by atoms with Crippen LogP contribution in [0.3, 0.4) is 0 Å². The molecule has 0 aliphatic rings. The van der Waals surface area contributed by atoms with Crippen LogP contribution in [0.2, 0.25) is 0 Å². The number of aromatic nitrogens is 1. The Morgan fingerprint density at radius 2 is 1.79 bits per heavy atom. The van der Waals surface area contributed by atoms with Crippen molar-refractivity contribution in [2.75, 3.05) is 0 Å². The van der Waals surface area contributed by atoms with Crippen LogP contribution in [-0.4, -0.2) is 0 Å². The molecule has 0 saturated carbocycles. The molecule has 2 aromatic carbocycles. The van der Waals surface area contributed by atoms with Crippen LogP contribution in [-0.2, 0) is 7.05 Å². The number of aryl methyl sites for hydroxylation is 3. The molecule has 2 heterocycles. The lowest BCUT2D eigenvalue weighted by atomic mass is 10.0. The number of pyridine rings is 1. The van der Waals surface area contributed by atoms with E-state index in [1.165, 1.54) is 11.1 Å². The SMILES string of the molecule is [C-]#[N+]c1ccc2c(c1)oc1c(-c3ccc(C)c[n+]3C)c(C)ccc12. The molecule has 0 radical (unpaired) electrons. The maximum Gasteiger partial charge on any atom is 0.216 e. The van der Waals surface area contributed by atoms with Crippen molar-refractivity contribution < 1.29 is 8.98 Å². The monoisotopic (exact) mass is 313 g/mol. The van der Waals surface area contributed by atoms with E-state index in [-0.39, 0.29) is 0 Å². The average Bonchev–Trinajstić information content (AvgIpc) is 2.93. The average molecular weight is 313 g/mol. The number of furan rings is 1. The Morgan fingerprint density at radius 3 is 2.54 bits per heavy atom. The van der Waals surface area contributed by atoms with Gasteiger partial charge in [-0.05, 0) is 31.5 Å². The van der Waals surface area contributed by atoms with Crippen molar-refractivity contribution in [3.05, 3.63) is 71.2 Å². The van der Waals surface area contributed by atoms with Gasteiger partial charge in [0.15, 0.2) is 11.9 Å². The van der Waals surface area contributed by atoms with Crippen molar-refractivity contribution in [1.82, 2.24) is 0 Å². The maximum atomic E-state index is 7.19. The Bertz CT molecular complexity index is 1150. The molecule has 0 spiro atoms. The minimum absolute atomic E-state index is 0.598. The molecular weight excluding hydrogens is 296 g/mol. The summed E-state index contributed by atoms with van der Waals surface area (Å²) in [6.45, 7) is 11.4. The standard InChI is InChI=1S/C21H17N2O/c1-13-5-10-18(23(4)12-13)20-14(2)6-8-17-16-9-7-15(22-3)11-19(16)24-21(17)20/h5-12H,1-2,4H3/q+1. The first-order chi connectivity index (χ1) is 11.6. The fraction of sp³-hybridized carbons (Fsp3) is 0.143. The third-order valence-corrected chi connectivity index (χ3v) is 4.50. The van der Waals surface area contributed by atoms with Gasteiger partial charge in [-0.25, -0.2) is 9.41 Å². The first-order valence-corrected chi connectivity index (χ1v) is 7.88. The first kappa shape index (κ1) is 14.5. The van der Waals surface area contributed by atoms with Gasteiger partial charge >= 0.3 is 0 Å². The van der Waals surface area contributed by atoms with Crippen molar-refractivity contribution in [3.63, 3.8) is 0 Å². The van der Waals surface area contributed by atoms with E-state index in [0.717, 1.165) is 33.2 Å². The van der Waals surface area contributed by atoms with Crippen molar-refractivity contribution in [2.45, 2.75) is 13.8 Å². The predicted molar refractivity (Wildman–Crippen MR) is 96.1 cm³/mol. The van der Waals surface area contributed by atoms with Gasteiger partial charge in [-0.15, -0.1) is 0 Å². The minimum atomic E-state index is 0.598. The Kier molecular flexibility index (Phi) is 3.14. The van der Waals surface area contributed by atoms with Gasteiger partial charge in [0.2, 0.25) is 5.69 Å². The fourth-order valence-corrected chi connectivity index (χ4v) is 3.32. The zero-order valence-corrected chi connectivity index (χ0v) is 13.9. The normalized spacial score (nSPS) is 11.1. The van der Waals surface area contributed by atoms with E-state index in [9.17, 15) is 0 Å². The van der Waals surface area contributed by atoms with Gasteiger partial charge in [0.1, 0.15) is 18.2 Å². The Morgan fingerprint density at radius 1 is 1.00 bits per heavy atom. The summed E-state index contributed by atoms with van der Waals surface area (Å²) in [5, 5.41) is 2.14. The summed E-state index contributed by atoms with van der Waals surface area (Å²) in [6, 6.07) is 14.1. The van der Waals surface area contributed by atoms with Gasteiger partial charge in [0, 0.05) is 22.4 Å². The van der Waals surface area contributed by atoms with Crippen molar-refractivity contribution in [1.29, 1.82) is 0 Å². The van der Waals surface area contributed by atoms with Crippen LogP contribution in [0.15, 0.2) is 53.1 Å². The number of rotatable bonds is 1. The third-order valence-electron chi connectivity index (χ3n) is 4.50. The Balaban J connectivity index is 2.11. The first-order valence-electron chi connectivity index (χ1n) is 7.88. The highest BCUT2D eigenvalue weighted by Gasteiger charge is 2.20. The number of fused-ring (bicyclic) bond motifs is 3. The predicted octanol–water partition coefficient (Wildman–Crippen LogP) is 5.25. The second-order valence-corrected chi connectivity index (χ2v) is 6.23. The van der Waals surface area contributed by atoms with E-state index in [0.29, 0.717) is 5.69 Å². The van der Waals surface area contributed by atoms with E-state index >= 15 is 0 Å². The molecule has 3 heteroatoms. The summed E-state index contributed by atoms with van der Waals surface area (Å²) in [5.74, 6) is 0. The molecule has 4 rings (SSSR count). The van der Waals surface area contributed by atoms with Crippen molar-refractivity contribution >= 4 is 27.6 Å². The van der Waals surface area contributed by atoms with Gasteiger partial charge < -0.3 is 4.42 Å². The van der Waals surface area contributed by atoms with Crippen LogP contribution in [0.1, 0.15) is 11.1 Å². The summed E-state index contributed by atoms with van der Waals surface area (Å²) in [4.78, 5) is 3.50. The molecule has 2 aromatic heterocycles. The van der Waals surface area contributed by atoms with Crippen molar-refractivity contribution in [3.8, 4) is 11.3 Å². The molecule has 0 aliphatic heterocycles. The van der Waals surface area contributed by atoms with E-state index in [4.69, 9.17) is 11.0 Å². The summed E-state index contributed by atoms with van der Waals surface area (Å²) < 4.78 is 8.32. The van der Waals surface area contributed by atoms with Crippen molar-refractivity contribution in [2.24, 2.45) is 7.05 Å². The highest BCUT2D eigenvalue weighted by Crippen LogP contribution is 2.37. The molecule has 0 amide bonds. The maximum absolute atomic E-state index is 7.19. The fourth-order valence-electron chi connectivity index (χ4n) is 3.32. The minimum Gasteiger partial charge on any atom is -0.456 e. The molecule has 0 aliphatic carbocycles. The number of benzene rings is 2. The van der Waals surface area contributed by atoms with E-state index in [2.05, 4.69) is 60.8 Å². The summed E-state index contributed by atoms with van der Waals surface area (Å²) >= 11 is 0. The molecule has 116 valence electrons. The summed E-state index contributed by atoms with van der Waals surface area (Å²) in [5.41, 5.74) is 6.86. The quantitative estimate of drug-likeness (QED) is 0.347. The summed E-state index contributed by atoms with van der Waals surface area (Å²) in [6.07, 6.45) is 2.12. The highest BCUT2D eigenvalue weighted by molar-refractivity contribution is 6.10. The Hall–Kier alpha value is -3.12. The molecule has 0 bridgehead atoms. The van der Waals surface area contributed by atoms with Crippen LogP contribution in [0.5, 0.6) is 0 Å². The van der Waals surface area contributed by atoms with Gasteiger partial charge in [0.05, 0.1) is 12.1 Å². The molecule has 0 atom stereocenters. The lowest BCUT2D eigenvalue weighted by Gasteiger charge is -2.05. The molecular formula is C21H17N2O+. The number of hydrogen-bond acceptors (Lipinski definition) is 1. The number of nitrogens with zero attached hydrogens (tertiary/aromatic N) is 2. The molecule has 0 N–H and O–H groups in total. The molecule has 0 fully saturated rings. The lowest BCUT2D eigenvalue weighted by Crippen LogP contribution is -2.31. The molecule has 24 heavy (non-hydrogen) atoms. The van der Waals surface area contributed by atoms with Gasteiger partial charge in [-0.3, -0.25) is 0 Å². The molecule has 4 aromatic rings. The molecule has 0 unspecified atom stereocenters. The largest absolute Gasteiger partial charge is 0.456 e. The third kappa shape index (κ3) is 2.08. The molecule has 3 nitrogen and oxygen atoms in total. The van der Waals surface area contributed by atoms with Gasteiger partial charge in [-0.2, -0.15) is 0 Å². The van der Waals surface area contributed by atoms with Gasteiger partial charge in [0.25, 0.3) is 0 Å². The topological polar surface area (TPSA) is 21.4 Å². The van der Waals surface area contributed by atoms with E-state index in [1.54, 1.807) is 0 Å². The van der Waals surface area contributed by atoms with Crippen LogP contribution >= 0.6 is 0 Å². The Labute approximate surface area is 140 Å². The second-order valence-electron chi connectivity index (χ2n) is 6.23. The highest BCUT2D eigenvalue weighted by atomic mass is 16.3. The van der Waals surface area contributed by atoms with Crippen LogP contribution in [0, 0.1) is 20.4 Å². The van der Waals surface area contributed by atoms with Crippen LogP contribution in [0.4, 0.5) is 5.69 Å². The smallest absolute Gasteiger partial charge is 0.216 e. The zero-order valence-electron chi connectivity index (χ0n) is 13.9. The lowest BCUT2D eigenvalue weighted by molar-refractivity contribution is -0.660. The van der Waals surface area contributed by atoms with Crippen LogP contribution < -0.4 is 4.57 Å². The second kappa shape index (κ2) is 5.21.